The number of phenols is 1. The first-order valence-electron chi connectivity index (χ1n) is 7.70. The van der Waals surface area contributed by atoms with E-state index in [1.165, 1.54) is 0 Å². The Bertz CT molecular complexity index is 876. The van der Waals surface area contributed by atoms with Crippen molar-refractivity contribution in [2.24, 2.45) is 7.05 Å². The molecule has 0 bridgehead atoms. The largest absolute Gasteiger partial charge is 0.505 e. The molecule has 3 aromatic rings. The van der Waals surface area contributed by atoms with Crippen LogP contribution in [0.4, 0.5) is 5.69 Å². The van der Waals surface area contributed by atoms with E-state index < -0.39 is 0 Å². The number of H-pyrrole nitrogens is 1. The summed E-state index contributed by atoms with van der Waals surface area (Å²) in [7, 11) is 1.94. The smallest absolute Gasteiger partial charge is 0.166 e. The Labute approximate surface area is 134 Å². The summed E-state index contributed by atoms with van der Waals surface area (Å²) in [4.78, 5) is 19.5. The number of nitrogens with zero attached hydrogens (tertiary/aromatic N) is 2. The molecule has 23 heavy (non-hydrogen) atoms. The average Bonchev–Trinajstić information content (AvgIpc) is 3.11. The zero-order chi connectivity index (χ0) is 16.6. The second-order valence-corrected chi connectivity index (χ2v) is 5.47. The van der Waals surface area contributed by atoms with Crippen molar-refractivity contribution in [1.29, 1.82) is 0 Å². The Morgan fingerprint density at radius 2 is 2.17 bits per heavy atom. The maximum atomic E-state index is 11.9. The molecule has 6 heteroatoms. The second kappa shape index (κ2) is 5.79. The summed E-state index contributed by atoms with van der Waals surface area (Å²) in [6, 6.07) is 5.38. The first-order chi connectivity index (χ1) is 11.0. The van der Waals surface area contributed by atoms with Crippen molar-refractivity contribution in [1.82, 2.24) is 14.5 Å². The number of benzene rings is 1. The fourth-order valence-electron chi connectivity index (χ4n) is 2.70. The Balaban J connectivity index is 2.10. The summed E-state index contributed by atoms with van der Waals surface area (Å²) >= 11 is 0. The highest BCUT2D eigenvalue weighted by atomic mass is 16.3. The summed E-state index contributed by atoms with van der Waals surface area (Å²) < 4.78 is 1.96. The van der Waals surface area contributed by atoms with Crippen molar-refractivity contribution in [2.75, 3.05) is 11.9 Å². The maximum Gasteiger partial charge on any atom is 0.166 e. The summed E-state index contributed by atoms with van der Waals surface area (Å²) in [5.74, 6) is 0.533. The minimum atomic E-state index is -0.0890. The van der Waals surface area contributed by atoms with Crippen LogP contribution >= 0.6 is 0 Å². The molecule has 0 saturated carbocycles. The molecule has 0 saturated heterocycles. The fourth-order valence-corrected chi connectivity index (χ4v) is 2.70. The molecular formula is C17H20N4O2. The van der Waals surface area contributed by atoms with Gasteiger partial charge in [-0.25, -0.2) is 4.98 Å². The highest BCUT2D eigenvalue weighted by Gasteiger charge is 2.17. The Hall–Kier alpha value is -2.76. The van der Waals surface area contributed by atoms with Crippen molar-refractivity contribution in [3.8, 4) is 17.3 Å². The van der Waals surface area contributed by atoms with Gasteiger partial charge in [0.15, 0.2) is 17.4 Å². The lowest BCUT2D eigenvalue weighted by molar-refractivity contribution is 0.0986. The molecule has 0 radical (unpaired) electrons. The molecule has 120 valence electrons. The lowest BCUT2D eigenvalue weighted by Crippen LogP contribution is -1.96. The van der Waals surface area contributed by atoms with Gasteiger partial charge >= 0.3 is 0 Å². The van der Waals surface area contributed by atoms with Crippen molar-refractivity contribution in [2.45, 2.75) is 20.3 Å². The van der Waals surface area contributed by atoms with E-state index in [1.807, 2.05) is 30.8 Å². The molecule has 0 aliphatic carbocycles. The Kier molecular flexibility index (Phi) is 3.82. The molecule has 6 nitrogen and oxygen atoms in total. The number of anilines is 1. The van der Waals surface area contributed by atoms with Crippen LogP contribution in [0.5, 0.6) is 5.75 Å². The van der Waals surface area contributed by atoms with Crippen LogP contribution in [0.2, 0.25) is 0 Å². The third kappa shape index (κ3) is 2.56. The molecule has 0 atom stereocenters. The monoisotopic (exact) mass is 312 g/mol. The van der Waals surface area contributed by atoms with Crippen LogP contribution < -0.4 is 5.32 Å². The van der Waals surface area contributed by atoms with Gasteiger partial charge in [-0.15, -0.1) is 0 Å². The molecule has 3 rings (SSSR count). The number of carbonyl (C=O) groups is 1. The number of hydrogen-bond acceptors (Lipinski definition) is 4. The number of rotatable bonds is 5. The highest BCUT2D eigenvalue weighted by molar-refractivity contribution is 6.03. The number of aryl methyl sites for hydroxylation is 1. The number of fused-ring (bicyclic) bond motifs is 1. The number of phenolic OH excluding ortho intramolecular Hbond substituents is 1. The zero-order valence-corrected chi connectivity index (χ0v) is 13.5. The van der Waals surface area contributed by atoms with Gasteiger partial charge in [-0.3, -0.25) is 4.79 Å². The number of ketones is 1. The average molecular weight is 312 g/mol. The molecule has 0 fully saturated rings. The molecule has 1 aromatic carbocycles. The van der Waals surface area contributed by atoms with Crippen LogP contribution in [-0.4, -0.2) is 32.0 Å². The summed E-state index contributed by atoms with van der Waals surface area (Å²) in [5.41, 5.74) is 3.37. The molecule has 0 aliphatic rings. The lowest BCUT2D eigenvalue weighted by atomic mass is 10.1. The van der Waals surface area contributed by atoms with Gasteiger partial charge in [0, 0.05) is 26.2 Å². The predicted molar refractivity (Wildman–Crippen MR) is 91.0 cm³/mol. The van der Waals surface area contributed by atoms with E-state index >= 15 is 0 Å². The summed E-state index contributed by atoms with van der Waals surface area (Å²) in [5, 5.41) is 13.6. The van der Waals surface area contributed by atoms with Gasteiger partial charge in [0.25, 0.3) is 0 Å². The molecule has 0 aliphatic heterocycles. The van der Waals surface area contributed by atoms with E-state index in [0.717, 1.165) is 17.9 Å². The van der Waals surface area contributed by atoms with Crippen molar-refractivity contribution >= 4 is 22.5 Å². The predicted octanol–water partition coefficient (Wildman–Crippen LogP) is 3.30. The highest BCUT2D eigenvalue weighted by Crippen LogP contribution is 2.31. The second-order valence-electron chi connectivity index (χ2n) is 5.47. The SMILES string of the molecule is CCNc1cc(-c2nc3ccc(C(=O)CC)c(O)c3[nH]2)n(C)c1. The fraction of sp³-hybridized carbons (Fsp3) is 0.294. The van der Waals surface area contributed by atoms with Crippen molar-refractivity contribution < 1.29 is 9.90 Å². The number of nitrogens with one attached hydrogen (secondary N) is 2. The number of imidazole rings is 1. The third-order valence-corrected chi connectivity index (χ3v) is 3.88. The van der Waals surface area contributed by atoms with E-state index in [9.17, 15) is 9.90 Å². The minimum Gasteiger partial charge on any atom is -0.505 e. The summed E-state index contributed by atoms with van der Waals surface area (Å²) in [6.07, 6.45) is 2.34. The van der Waals surface area contributed by atoms with Crippen LogP contribution in [0.25, 0.3) is 22.6 Å². The van der Waals surface area contributed by atoms with Crippen LogP contribution in [0, 0.1) is 0 Å². The maximum absolute atomic E-state index is 11.9. The molecule has 2 heterocycles. The van der Waals surface area contributed by atoms with E-state index in [-0.39, 0.29) is 11.5 Å². The number of aromatic amines is 1. The number of aromatic hydroxyl groups is 1. The van der Waals surface area contributed by atoms with Crippen molar-refractivity contribution in [3.05, 3.63) is 30.0 Å². The van der Waals surface area contributed by atoms with Crippen molar-refractivity contribution in [3.63, 3.8) is 0 Å². The quantitative estimate of drug-likeness (QED) is 0.631. The van der Waals surface area contributed by atoms with Gasteiger partial charge in [-0.1, -0.05) is 6.92 Å². The van der Waals surface area contributed by atoms with Crippen LogP contribution in [-0.2, 0) is 7.05 Å². The first-order valence-corrected chi connectivity index (χ1v) is 7.70. The van der Waals surface area contributed by atoms with Gasteiger partial charge in [0.1, 0.15) is 5.52 Å². The van der Waals surface area contributed by atoms with E-state index in [1.54, 1.807) is 19.1 Å². The Morgan fingerprint density at radius 1 is 1.39 bits per heavy atom. The van der Waals surface area contributed by atoms with Crippen LogP contribution in [0.1, 0.15) is 30.6 Å². The summed E-state index contributed by atoms with van der Waals surface area (Å²) in [6.45, 7) is 4.65. The standard InChI is InChI=1S/C17H20N4O2/c1-4-14(22)11-6-7-12-15(16(11)23)20-17(19-12)13-8-10(18-5-2)9-21(13)3/h6-9,18,23H,4-5H2,1-3H3,(H,19,20). The van der Waals surface area contributed by atoms with Gasteiger partial charge in [0.2, 0.25) is 0 Å². The van der Waals surface area contributed by atoms with E-state index in [2.05, 4.69) is 15.3 Å². The van der Waals surface area contributed by atoms with E-state index in [0.29, 0.717) is 28.8 Å². The molecule has 0 amide bonds. The normalized spacial score (nSPS) is 11.1. The molecule has 3 N–H and O–H groups in total. The third-order valence-electron chi connectivity index (χ3n) is 3.88. The number of aromatic nitrogens is 3. The van der Waals surface area contributed by atoms with Crippen LogP contribution in [0.3, 0.4) is 0 Å². The molecular weight excluding hydrogens is 292 g/mol. The lowest BCUT2D eigenvalue weighted by Gasteiger charge is -2.02. The number of Topliss-reactive ketones (excluding diaryl/α,β-unsaturated/α-hetero) is 1. The van der Waals surface area contributed by atoms with Gasteiger partial charge in [-0.05, 0) is 25.1 Å². The van der Waals surface area contributed by atoms with Gasteiger partial charge < -0.3 is 20.0 Å². The Morgan fingerprint density at radius 3 is 2.87 bits per heavy atom. The van der Waals surface area contributed by atoms with Crippen LogP contribution in [0.15, 0.2) is 24.4 Å². The zero-order valence-electron chi connectivity index (χ0n) is 13.5. The minimum absolute atomic E-state index is 0.0331. The topological polar surface area (TPSA) is 82.9 Å². The number of hydrogen-bond donors (Lipinski definition) is 3. The van der Waals surface area contributed by atoms with Gasteiger partial charge in [0.05, 0.1) is 22.5 Å². The van der Waals surface area contributed by atoms with Gasteiger partial charge in [-0.2, -0.15) is 0 Å². The van der Waals surface area contributed by atoms with E-state index in [4.69, 9.17) is 0 Å². The molecule has 0 unspecified atom stereocenters. The number of carbonyl (C=O) groups excluding carboxylic acids is 1. The molecule has 0 spiro atoms. The molecule has 2 aromatic heterocycles. The first kappa shape index (κ1) is 15.1.